The van der Waals surface area contributed by atoms with Crippen LogP contribution in [0, 0.1) is 5.82 Å². The van der Waals surface area contributed by atoms with Crippen molar-refractivity contribution in [3.63, 3.8) is 0 Å². The Kier molecular flexibility index (Phi) is 4.15. The molecule has 0 aliphatic carbocycles. The van der Waals surface area contributed by atoms with Gasteiger partial charge in [0, 0.05) is 11.8 Å². The largest absolute Gasteiger partial charge is 0.457 e. The van der Waals surface area contributed by atoms with E-state index in [1.165, 1.54) is 6.07 Å². The number of fused-ring (bicyclic) bond motifs is 1. The maximum absolute atomic E-state index is 13.5. The van der Waals surface area contributed by atoms with Crippen molar-refractivity contribution in [3.05, 3.63) is 68.6 Å². The fraction of sp³-hybridized carbons (Fsp3) is 0.125. The predicted molar refractivity (Wildman–Crippen MR) is 86.7 cm³/mol. The summed E-state index contributed by atoms with van der Waals surface area (Å²) in [4.78, 5) is 0. The first-order chi connectivity index (χ1) is 10.1. The lowest BCUT2D eigenvalue weighted by Crippen LogP contribution is -2.01. The lowest BCUT2D eigenvalue weighted by Gasteiger charge is -2.09. The summed E-state index contributed by atoms with van der Waals surface area (Å²) in [7, 11) is 0. The van der Waals surface area contributed by atoms with Crippen LogP contribution in [0.4, 0.5) is 4.39 Å². The number of furan rings is 1. The van der Waals surface area contributed by atoms with Gasteiger partial charge in [0.2, 0.25) is 0 Å². The van der Waals surface area contributed by atoms with Crippen molar-refractivity contribution in [2.45, 2.75) is 12.5 Å². The smallest absolute Gasteiger partial charge is 0.148 e. The second kappa shape index (κ2) is 5.91. The molecule has 0 fully saturated rings. The zero-order valence-corrected chi connectivity index (χ0v) is 14.0. The molecule has 0 saturated carbocycles. The third kappa shape index (κ3) is 2.91. The van der Waals surface area contributed by atoms with E-state index >= 15 is 0 Å². The van der Waals surface area contributed by atoms with Crippen molar-refractivity contribution in [2.75, 3.05) is 0 Å². The highest BCUT2D eigenvalue weighted by Crippen LogP contribution is 2.32. The van der Waals surface area contributed by atoms with Gasteiger partial charge in [-0.2, -0.15) is 0 Å². The summed E-state index contributed by atoms with van der Waals surface area (Å²) in [5.74, 6) is 0.125. The zero-order chi connectivity index (χ0) is 15.0. The summed E-state index contributed by atoms with van der Waals surface area (Å²) in [6, 6.07) is 12.3. The standard InChI is InChI=1S/C16H11Br2FO2/c17-11-5-1-4-10-8-14(21-16(10)11)13(20)7-9-3-2-6-12(19)15(9)18/h1-6,8,13,20H,7H2. The summed E-state index contributed by atoms with van der Waals surface area (Å²) in [5.41, 5.74) is 1.40. The molecule has 1 unspecified atom stereocenters. The van der Waals surface area contributed by atoms with E-state index in [4.69, 9.17) is 4.42 Å². The first kappa shape index (κ1) is 14.8. The maximum Gasteiger partial charge on any atom is 0.148 e. The van der Waals surface area contributed by atoms with Crippen LogP contribution < -0.4 is 0 Å². The molecule has 3 rings (SSSR count). The molecule has 1 N–H and O–H groups in total. The fourth-order valence-corrected chi connectivity index (χ4v) is 3.12. The van der Waals surface area contributed by atoms with E-state index in [2.05, 4.69) is 31.9 Å². The van der Waals surface area contributed by atoms with E-state index in [-0.39, 0.29) is 12.2 Å². The van der Waals surface area contributed by atoms with Gasteiger partial charge in [0.1, 0.15) is 23.3 Å². The number of rotatable bonds is 3. The minimum absolute atomic E-state index is 0.274. The van der Waals surface area contributed by atoms with Crippen molar-refractivity contribution in [1.82, 2.24) is 0 Å². The molecule has 0 radical (unpaired) electrons. The summed E-state index contributed by atoms with van der Waals surface area (Å²) in [5, 5.41) is 11.2. The molecule has 0 saturated heterocycles. The zero-order valence-electron chi connectivity index (χ0n) is 10.8. The van der Waals surface area contributed by atoms with Crippen molar-refractivity contribution in [2.24, 2.45) is 0 Å². The Balaban J connectivity index is 1.92. The number of aliphatic hydroxyl groups is 1. The van der Waals surface area contributed by atoms with Crippen LogP contribution in [0.25, 0.3) is 11.0 Å². The number of hydrogen-bond donors (Lipinski definition) is 1. The Morgan fingerprint density at radius 2 is 1.90 bits per heavy atom. The lowest BCUT2D eigenvalue weighted by molar-refractivity contribution is 0.152. The summed E-state index contributed by atoms with van der Waals surface area (Å²) in [6.45, 7) is 0. The summed E-state index contributed by atoms with van der Waals surface area (Å²) in [6.07, 6.45) is -0.558. The number of para-hydroxylation sites is 1. The van der Waals surface area contributed by atoms with Crippen LogP contribution in [-0.4, -0.2) is 5.11 Å². The lowest BCUT2D eigenvalue weighted by atomic mass is 10.1. The second-order valence-corrected chi connectivity index (χ2v) is 6.39. The third-order valence-corrected chi connectivity index (χ3v) is 4.80. The van der Waals surface area contributed by atoms with Gasteiger partial charge in [-0.25, -0.2) is 4.39 Å². The van der Waals surface area contributed by atoms with Gasteiger partial charge in [-0.15, -0.1) is 0 Å². The highest BCUT2D eigenvalue weighted by molar-refractivity contribution is 9.11. The first-order valence-electron chi connectivity index (χ1n) is 6.35. The first-order valence-corrected chi connectivity index (χ1v) is 7.94. The van der Waals surface area contributed by atoms with E-state index in [1.54, 1.807) is 18.2 Å². The summed E-state index contributed by atoms with van der Waals surface area (Å²) < 4.78 is 20.4. The van der Waals surface area contributed by atoms with Crippen LogP contribution in [0.3, 0.4) is 0 Å². The minimum Gasteiger partial charge on any atom is -0.457 e. The van der Waals surface area contributed by atoms with E-state index in [0.29, 0.717) is 21.4 Å². The van der Waals surface area contributed by atoms with E-state index in [9.17, 15) is 9.50 Å². The average Bonchev–Trinajstić information content (AvgIpc) is 2.89. The monoisotopic (exact) mass is 412 g/mol. The third-order valence-electron chi connectivity index (χ3n) is 3.29. The highest BCUT2D eigenvalue weighted by atomic mass is 79.9. The average molecular weight is 414 g/mol. The molecule has 5 heteroatoms. The number of halogens is 3. The van der Waals surface area contributed by atoms with Crippen molar-refractivity contribution in [1.29, 1.82) is 0 Å². The second-order valence-electron chi connectivity index (χ2n) is 4.74. The molecular weight excluding hydrogens is 403 g/mol. The van der Waals surface area contributed by atoms with Crippen LogP contribution >= 0.6 is 31.9 Å². The van der Waals surface area contributed by atoms with Crippen LogP contribution in [-0.2, 0) is 6.42 Å². The molecule has 0 bridgehead atoms. The number of aliphatic hydroxyl groups excluding tert-OH is 1. The number of benzene rings is 2. The Morgan fingerprint density at radius 3 is 2.67 bits per heavy atom. The fourth-order valence-electron chi connectivity index (χ4n) is 2.23. The molecule has 2 aromatic carbocycles. The van der Waals surface area contributed by atoms with Crippen molar-refractivity contribution >= 4 is 42.8 Å². The van der Waals surface area contributed by atoms with Gasteiger partial charge in [0.25, 0.3) is 0 Å². The Hall–Kier alpha value is -1.17. The van der Waals surface area contributed by atoms with Gasteiger partial charge in [-0.3, -0.25) is 0 Å². The van der Waals surface area contributed by atoms with Gasteiger partial charge in [0.05, 0.1) is 8.95 Å². The molecule has 1 heterocycles. The quantitative estimate of drug-likeness (QED) is 0.625. The molecule has 21 heavy (non-hydrogen) atoms. The Morgan fingerprint density at radius 1 is 1.14 bits per heavy atom. The highest BCUT2D eigenvalue weighted by Gasteiger charge is 2.17. The molecule has 1 aromatic heterocycles. The van der Waals surface area contributed by atoms with Crippen LogP contribution in [0.5, 0.6) is 0 Å². The van der Waals surface area contributed by atoms with Gasteiger partial charge in [-0.1, -0.05) is 24.3 Å². The van der Waals surface area contributed by atoms with Gasteiger partial charge >= 0.3 is 0 Å². The van der Waals surface area contributed by atoms with Crippen molar-refractivity contribution < 1.29 is 13.9 Å². The molecule has 0 aliphatic rings. The molecule has 0 amide bonds. The van der Waals surface area contributed by atoms with Gasteiger partial charge in [-0.05, 0) is 55.6 Å². The molecule has 0 spiro atoms. The molecule has 3 aromatic rings. The minimum atomic E-state index is -0.831. The van der Waals surface area contributed by atoms with Crippen LogP contribution in [0.15, 0.2) is 55.8 Å². The van der Waals surface area contributed by atoms with Crippen molar-refractivity contribution in [3.8, 4) is 0 Å². The molecule has 2 nitrogen and oxygen atoms in total. The van der Waals surface area contributed by atoms with E-state index in [0.717, 1.165) is 9.86 Å². The normalized spacial score (nSPS) is 12.8. The molecule has 108 valence electrons. The van der Waals surface area contributed by atoms with Crippen LogP contribution in [0.2, 0.25) is 0 Å². The van der Waals surface area contributed by atoms with E-state index < -0.39 is 6.10 Å². The molecule has 0 aliphatic heterocycles. The van der Waals surface area contributed by atoms with Gasteiger partial charge in [0.15, 0.2) is 0 Å². The predicted octanol–water partition coefficient (Wildman–Crippen LogP) is 5.37. The Bertz CT molecular complexity index is 798. The van der Waals surface area contributed by atoms with E-state index in [1.807, 2.05) is 18.2 Å². The SMILES string of the molecule is OC(Cc1cccc(F)c1Br)c1cc2cccc(Br)c2o1. The Labute approximate surface area is 137 Å². The molecular formula is C16H11Br2FO2. The maximum atomic E-state index is 13.5. The van der Waals surface area contributed by atoms with Gasteiger partial charge < -0.3 is 9.52 Å². The molecule has 1 atom stereocenters. The topological polar surface area (TPSA) is 33.4 Å². The summed E-state index contributed by atoms with van der Waals surface area (Å²) >= 11 is 6.62. The number of hydrogen-bond acceptors (Lipinski definition) is 2. The van der Waals surface area contributed by atoms with Crippen LogP contribution in [0.1, 0.15) is 17.4 Å².